The van der Waals surface area contributed by atoms with Crippen molar-refractivity contribution in [3.05, 3.63) is 57.9 Å². The van der Waals surface area contributed by atoms with E-state index >= 15 is 0 Å². The number of nitrogens with one attached hydrogen (secondary N) is 2. The SMILES string of the molecule is CC(C)c1cc(F)cc(F)c1NC(=S)NC(=O)c1ncc(C(F)(F)F)cc1Cl. The number of nitrogens with zero attached hydrogens (tertiary/aromatic N) is 1. The lowest BCUT2D eigenvalue weighted by Crippen LogP contribution is -2.35. The van der Waals surface area contributed by atoms with Gasteiger partial charge in [-0.3, -0.25) is 10.1 Å². The van der Waals surface area contributed by atoms with Crippen molar-refractivity contribution in [2.24, 2.45) is 0 Å². The summed E-state index contributed by atoms with van der Waals surface area (Å²) in [4.78, 5) is 15.6. The summed E-state index contributed by atoms with van der Waals surface area (Å²) in [6.07, 6.45) is -4.22. The Labute approximate surface area is 167 Å². The zero-order valence-electron chi connectivity index (χ0n) is 14.4. The molecule has 2 rings (SSSR count). The lowest BCUT2D eigenvalue weighted by molar-refractivity contribution is -0.137. The molecule has 0 aliphatic carbocycles. The molecule has 150 valence electrons. The van der Waals surface area contributed by atoms with Gasteiger partial charge in [-0.05, 0) is 35.8 Å². The summed E-state index contributed by atoms with van der Waals surface area (Å²) >= 11 is 10.6. The second-order valence-corrected chi connectivity index (χ2v) is 6.78. The highest BCUT2D eigenvalue weighted by molar-refractivity contribution is 7.80. The smallest absolute Gasteiger partial charge is 0.330 e. The molecule has 2 aromatic rings. The monoisotopic (exact) mass is 437 g/mol. The molecule has 2 N–H and O–H groups in total. The Bertz CT molecular complexity index is 934. The van der Waals surface area contributed by atoms with Gasteiger partial charge in [0.25, 0.3) is 5.91 Å². The van der Waals surface area contributed by atoms with Crippen molar-refractivity contribution >= 4 is 40.5 Å². The van der Waals surface area contributed by atoms with E-state index < -0.39 is 40.0 Å². The summed E-state index contributed by atoms with van der Waals surface area (Å²) in [7, 11) is 0. The summed E-state index contributed by atoms with van der Waals surface area (Å²) in [6, 6.07) is 2.32. The Hall–Kier alpha value is -2.33. The third kappa shape index (κ3) is 5.14. The van der Waals surface area contributed by atoms with Crippen LogP contribution in [0.15, 0.2) is 24.4 Å². The first kappa shape index (κ1) is 22.0. The molecule has 0 saturated heterocycles. The van der Waals surface area contributed by atoms with Gasteiger partial charge >= 0.3 is 6.18 Å². The van der Waals surface area contributed by atoms with E-state index in [0.717, 1.165) is 6.07 Å². The Morgan fingerprint density at radius 2 is 1.86 bits per heavy atom. The fourth-order valence-electron chi connectivity index (χ4n) is 2.25. The molecular weight excluding hydrogens is 425 g/mol. The van der Waals surface area contributed by atoms with Crippen LogP contribution in [0.5, 0.6) is 0 Å². The molecule has 4 nitrogen and oxygen atoms in total. The van der Waals surface area contributed by atoms with Crippen LogP contribution in [-0.2, 0) is 6.18 Å². The van der Waals surface area contributed by atoms with Gasteiger partial charge in [0.2, 0.25) is 0 Å². The van der Waals surface area contributed by atoms with Crippen molar-refractivity contribution in [3.8, 4) is 0 Å². The van der Waals surface area contributed by atoms with E-state index in [-0.39, 0.29) is 22.3 Å². The lowest BCUT2D eigenvalue weighted by Gasteiger charge is -2.17. The minimum absolute atomic E-state index is 0.131. The number of aromatic nitrogens is 1. The Morgan fingerprint density at radius 3 is 2.39 bits per heavy atom. The fraction of sp³-hybridized carbons (Fsp3) is 0.235. The number of carbonyl (C=O) groups excluding carboxylic acids is 1. The van der Waals surface area contributed by atoms with Crippen LogP contribution in [0.25, 0.3) is 0 Å². The first-order valence-electron chi connectivity index (χ1n) is 7.74. The van der Waals surface area contributed by atoms with Crippen LogP contribution in [0.2, 0.25) is 5.02 Å². The summed E-state index contributed by atoms with van der Waals surface area (Å²) in [5.41, 5.74) is -1.47. The topological polar surface area (TPSA) is 54.0 Å². The molecular formula is C17H13ClF5N3OS. The van der Waals surface area contributed by atoms with Gasteiger partial charge in [-0.1, -0.05) is 25.4 Å². The van der Waals surface area contributed by atoms with E-state index in [2.05, 4.69) is 15.6 Å². The predicted octanol–water partition coefficient (Wildman–Crippen LogP) is 5.28. The Morgan fingerprint density at radius 1 is 1.21 bits per heavy atom. The molecule has 0 aliphatic heterocycles. The van der Waals surface area contributed by atoms with Crippen LogP contribution in [0.3, 0.4) is 0 Å². The first-order valence-corrected chi connectivity index (χ1v) is 8.52. The van der Waals surface area contributed by atoms with Gasteiger partial charge in [0.1, 0.15) is 17.3 Å². The fourth-order valence-corrected chi connectivity index (χ4v) is 2.69. The van der Waals surface area contributed by atoms with Gasteiger partial charge in [0.05, 0.1) is 16.3 Å². The van der Waals surface area contributed by atoms with E-state index in [1.54, 1.807) is 13.8 Å². The van der Waals surface area contributed by atoms with Crippen LogP contribution in [0.4, 0.5) is 27.6 Å². The molecule has 0 spiro atoms. The van der Waals surface area contributed by atoms with E-state index in [4.69, 9.17) is 23.8 Å². The molecule has 0 unspecified atom stereocenters. The number of anilines is 1. The first-order chi connectivity index (χ1) is 12.9. The number of amides is 1. The maximum absolute atomic E-state index is 14.1. The number of rotatable bonds is 3. The number of halogens is 6. The standard InChI is InChI=1S/C17H13ClF5N3OS/c1-7(2)10-4-9(19)5-12(20)13(10)25-16(28)26-15(27)14-11(18)3-8(6-24-14)17(21,22)23/h3-7H,1-2H3,(H2,25,26,27,28). The molecule has 0 bridgehead atoms. The summed E-state index contributed by atoms with van der Waals surface area (Å²) in [5, 5.41) is 3.69. The molecule has 0 atom stereocenters. The van der Waals surface area contributed by atoms with E-state index in [1.807, 2.05) is 0 Å². The summed E-state index contributed by atoms with van der Waals surface area (Å²) in [5.74, 6) is -2.96. The second kappa shape index (κ2) is 8.36. The van der Waals surface area contributed by atoms with Gasteiger partial charge in [-0.15, -0.1) is 0 Å². The number of benzene rings is 1. The van der Waals surface area contributed by atoms with E-state index in [9.17, 15) is 26.7 Å². The van der Waals surface area contributed by atoms with Crippen LogP contribution in [-0.4, -0.2) is 16.0 Å². The maximum atomic E-state index is 14.1. The molecule has 0 fully saturated rings. The number of alkyl halides is 3. The molecule has 28 heavy (non-hydrogen) atoms. The van der Waals surface area contributed by atoms with Crippen LogP contribution in [0, 0.1) is 11.6 Å². The molecule has 0 aliphatic rings. The van der Waals surface area contributed by atoms with Gasteiger partial charge in [-0.2, -0.15) is 13.2 Å². The van der Waals surface area contributed by atoms with Crippen molar-refractivity contribution in [3.63, 3.8) is 0 Å². The van der Waals surface area contributed by atoms with Gasteiger partial charge in [-0.25, -0.2) is 13.8 Å². The summed E-state index contributed by atoms with van der Waals surface area (Å²) in [6.45, 7) is 3.40. The van der Waals surface area contributed by atoms with Crippen molar-refractivity contribution in [1.82, 2.24) is 10.3 Å². The predicted molar refractivity (Wildman–Crippen MR) is 98.4 cm³/mol. The van der Waals surface area contributed by atoms with Crippen molar-refractivity contribution in [1.29, 1.82) is 0 Å². The number of thiocarbonyl (C=S) groups is 1. The number of carbonyl (C=O) groups is 1. The highest BCUT2D eigenvalue weighted by Crippen LogP contribution is 2.31. The minimum atomic E-state index is -4.67. The molecule has 0 saturated carbocycles. The third-order valence-electron chi connectivity index (χ3n) is 3.56. The van der Waals surface area contributed by atoms with Crippen LogP contribution in [0.1, 0.15) is 41.4 Å². The average molecular weight is 438 g/mol. The Balaban J connectivity index is 2.20. The van der Waals surface area contributed by atoms with E-state index in [1.165, 1.54) is 0 Å². The van der Waals surface area contributed by atoms with Crippen molar-refractivity contribution in [2.45, 2.75) is 25.9 Å². The molecule has 0 radical (unpaired) electrons. The molecule has 1 amide bonds. The van der Waals surface area contributed by atoms with Crippen molar-refractivity contribution < 1.29 is 26.7 Å². The van der Waals surface area contributed by atoms with Gasteiger partial charge in [0.15, 0.2) is 5.11 Å². The second-order valence-electron chi connectivity index (χ2n) is 5.97. The normalized spacial score (nSPS) is 11.5. The Kier molecular flexibility index (Phi) is 6.56. The van der Waals surface area contributed by atoms with Crippen LogP contribution >= 0.6 is 23.8 Å². The minimum Gasteiger partial charge on any atom is -0.330 e. The largest absolute Gasteiger partial charge is 0.417 e. The highest BCUT2D eigenvalue weighted by atomic mass is 35.5. The average Bonchev–Trinajstić information content (AvgIpc) is 2.55. The maximum Gasteiger partial charge on any atom is 0.417 e. The van der Waals surface area contributed by atoms with E-state index in [0.29, 0.717) is 18.3 Å². The number of hydrogen-bond donors (Lipinski definition) is 2. The molecule has 1 heterocycles. The molecule has 1 aromatic carbocycles. The molecule has 11 heteroatoms. The number of hydrogen-bond acceptors (Lipinski definition) is 3. The zero-order chi connectivity index (χ0) is 21.2. The highest BCUT2D eigenvalue weighted by Gasteiger charge is 2.32. The lowest BCUT2D eigenvalue weighted by atomic mass is 10.0. The van der Waals surface area contributed by atoms with Gasteiger partial charge in [0, 0.05) is 12.3 Å². The molecule has 1 aromatic heterocycles. The zero-order valence-corrected chi connectivity index (χ0v) is 16.0. The quantitative estimate of drug-likeness (QED) is 0.506. The summed E-state index contributed by atoms with van der Waals surface area (Å²) < 4.78 is 65.4. The number of pyridine rings is 1. The van der Waals surface area contributed by atoms with Gasteiger partial charge < -0.3 is 5.32 Å². The third-order valence-corrected chi connectivity index (χ3v) is 4.05. The van der Waals surface area contributed by atoms with Crippen molar-refractivity contribution in [2.75, 3.05) is 5.32 Å². The van der Waals surface area contributed by atoms with Crippen LogP contribution < -0.4 is 10.6 Å².